The van der Waals surface area contributed by atoms with Crippen molar-refractivity contribution < 1.29 is 9.53 Å². The van der Waals surface area contributed by atoms with Crippen LogP contribution in [0.4, 0.5) is 0 Å². The molecule has 0 spiro atoms. The van der Waals surface area contributed by atoms with Gasteiger partial charge in [0.15, 0.2) is 0 Å². The molecule has 0 saturated carbocycles. The number of rotatable bonds is 1. The third kappa shape index (κ3) is 1.53. The standard InChI is InChI=1S/C15H12O2/c1-10-12-8-5-9-13(14(12)15(16)17-10)11-6-3-2-4-7-11/h2-10H,1H3. The van der Waals surface area contributed by atoms with Crippen molar-refractivity contribution in [3.05, 3.63) is 59.7 Å². The zero-order valence-corrected chi connectivity index (χ0v) is 9.51. The van der Waals surface area contributed by atoms with Crippen molar-refractivity contribution in [1.82, 2.24) is 0 Å². The molecule has 1 heterocycles. The molecule has 0 amide bonds. The molecule has 2 nitrogen and oxygen atoms in total. The highest BCUT2D eigenvalue weighted by Crippen LogP contribution is 2.36. The second kappa shape index (κ2) is 3.74. The van der Waals surface area contributed by atoms with Crippen molar-refractivity contribution in [3.8, 4) is 11.1 Å². The number of benzene rings is 2. The molecule has 2 aromatic rings. The van der Waals surface area contributed by atoms with Crippen molar-refractivity contribution in [1.29, 1.82) is 0 Å². The lowest BCUT2D eigenvalue weighted by atomic mass is 9.95. The Labute approximate surface area is 99.9 Å². The molecular formula is C15H12O2. The van der Waals surface area contributed by atoms with Crippen LogP contribution in [0.3, 0.4) is 0 Å². The maximum Gasteiger partial charge on any atom is 0.339 e. The highest BCUT2D eigenvalue weighted by atomic mass is 16.5. The normalized spacial score (nSPS) is 17.7. The summed E-state index contributed by atoms with van der Waals surface area (Å²) in [4.78, 5) is 11.8. The maximum absolute atomic E-state index is 11.8. The summed E-state index contributed by atoms with van der Waals surface area (Å²) in [6.45, 7) is 1.90. The highest BCUT2D eigenvalue weighted by Gasteiger charge is 2.30. The van der Waals surface area contributed by atoms with E-state index in [1.54, 1.807) is 0 Å². The molecule has 1 atom stereocenters. The molecule has 84 valence electrons. The van der Waals surface area contributed by atoms with Crippen LogP contribution >= 0.6 is 0 Å². The van der Waals surface area contributed by atoms with Gasteiger partial charge < -0.3 is 4.74 Å². The third-order valence-corrected chi connectivity index (χ3v) is 3.11. The van der Waals surface area contributed by atoms with Gasteiger partial charge in [-0.25, -0.2) is 4.79 Å². The van der Waals surface area contributed by atoms with Crippen LogP contribution in [0.1, 0.15) is 28.9 Å². The molecule has 1 aliphatic rings. The summed E-state index contributed by atoms with van der Waals surface area (Å²) >= 11 is 0. The molecule has 1 aliphatic heterocycles. The molecule has 1 unspecified atom stereocenters. The summed E-state index contributed by atoms with van der Waals surface area (Å²) < 4.78 is 5.25. The Kier molecular flexibility index (Phi) is 2.22. The van der Waals surface area contributed by atoms with Crippen molar-refractivity contribution in [2.45, 2.75) is 13.0 Å². The summed E-state index contributed by atoms with van der Waals surface area (Å²) in [5.74, 6) is -0.216. The second-order valence-corrected chi connectivity index (χ2v) is 4.18. The molecule has 2 aromatic carbocycles. The Hall–Kier alpha value is -2.09. The van der Waals surface area contributed by atoms with E-state index in [-0.39, 0.29) is 12.1 Å². The van der Waals surface area contributed by atoms with Gasteiger partial charge in [-0.1, -0.05) is 48.5 Å². The lowest BCUT2D eigenvalue weighted by molar-refractivity contribution is 0.0422. The summed E-state index contributed by atoms with van der Waals surface area (Å²) in [7, 11) is 0. The molecule has 0 radical (unpaired) electrons. The second-order valence-electron chi connectivity index (χ2n) is 4.18. The van der Waals surface area contributed by atoms with Gasteiger partial charge in [-0.15, -0.1) is 0 Å². The van der Waals surface area contributed by atoms with E-state index in [0.717, 1.165) is 16.7 Å². The number of fused-ring (bicyclic) bond motifs is 1. The topological polar surface area (TPSA) is 26.3 Å². The van der Waals surface area contributed by atoms with Gasteiger partial charge in [0.2, 0.25) is 0 Å². The summed E-state index contributed by atoms with van der Waals surface area (Å²) in [5, 5.41) is 0. The first-order valence-corrected chi connectivity index (χ1v) is 5.66. The average Bonchev–Trinajstić information content (AvgIpc) is 2.66. The van der Waals surface area contributed by atoms with Crippen LogP contribution < -0.4 is 0 Å². The Balaban J connectivity index is 2.24. The molecule has 0 fully saturated rings. The van der Waals surface area contributed by atoms with Gasteiger partial charge >= 0.3 is 5.97 Å². The summed E-state index contributed by atoms with van der Waals surface area (Å²) in [5.41, 5.74) is 3.70. The maximum atomic E-state index is 11.8. The largest absolute Gasteiger partial charge is 0.454 e. The monoisotopic (exact) mass is 224 g/mol. The van der Waals surface area contributed by atoms with Gasteiger partial charge in [0, 0.05) is 5.56 Å². The molecule has 0 aromatic heterocycles. The van der Waals surface area contributed by atoms with E-state index in [1.807, 2.05) is 55.5 Å². The highest BCUT2D eigenvalue weighted by molar-refractivity contribution is 6.01. The van der Waals surface area contributed by atoms with Crippen LogP contribution in [-0.2, 0) is 4.74 Å². The SMILES string of the molecule is CC1OC(=O)c2c(-c3ccccc3)cccc21. The number of ether oxygens (including phenoxy) is 1. The molecule has 2 heteroatoms. The molecule has 0 N–H and O–H groups in total. The lowest BCUT2D eigenvalue weighted by Gasteiger charge is -2.06. The minimum atomic E-state index is -0.216. The van der Waals surface area contributed by atoms with Gasteiger partial charge in [0.05, 0.1) is 5.56 Å². The van der Waals surface area contributed by atoms with Crippen molar-refractivity contribution >= 4 is 5.97 Å². The fraction of sp³-hybridized carbons (Fsp3) is 0.133. The summed E-state index contributed by atoms with van der Waals surface area (Å²) in [6.07, 6.45) is -0.138. The number of hydrogen-bond donors (Lipinski definition) is 0. The van der Waals surface area contributed by atoms with E-state index in [1.165, 1.54) is 0 Å². The fourth-order valence-corrected chi connectivity index (χ4v) is 2.28. The first-order chi connectivity index (χ1) is 8.27. The number of carbonyl (C=O) groups excluding carboxylic acids is 1. The van der Waals surface area contributed by atoms with Crippen LogP contribution in [0.2, 0.25) is 0 Å². The molecule has 0 bridgehead atoms. The first-order valence-electron chi connectivity index (χ1n) is 5.66. The quantitative estimate of drug-likeness (QED) is 0.692. The zero-order chi connectivity index (χ0) is 11.8. The minimum absolute atomic E-state index is 0.138. The van der Waals surface area contributed by atoms with E-state index in [0.29, 0.717) is 5.56 Å². The molecule has 3 rings (SSSR count). The van der Waals surface area contributed by atoms with Gasteiger partial charge in [-0.3, -0.25) is 0 Å². The van der Waals surface area contributed by atoms with E-state index in [2.05, 4.69) is 0 Å². The summed E-state index contributed by atoms with van der Waals surface area (Å²) in [6, 6.07) is 15.8. The van der Waals surface area contributed by atoms with Gasteiger partial charge in [0.25, 0.3) is 0 Å². The number of carbonyl (C=O) groups is 1. The zero-order valence-electron chi connectivity index (χ0n) is 9.51. The van der Waals surface area contributed by atoms with E-state index in [4.69, 9.17) is 4.74 Å². The Bertz CT molecular complexity index is 573. The van der Waals surface area contributed by atoms with Crippen LogP contribution in [0.5, 0.6) is 0 Å². The van der Waals surface area contributed by atoms with Crippen molar-refractivity contribution in [3.63, 3.8) is 0 Å². The Morgan fingerprint density at radius 2 is 1.76 bits per heavy atom. The van der Waals surface area contributed by atoms with E-state index < -0.39 is 0 Å². The lowest BCUT2D eigenvalue weighted by Crippen LogP contribution is -1.97. The van der Waals surface area contributed by atoms with Gasteiger partial charge in [-0.05, 0) is 18.1 Å². The van der Waals surface area contributed by atoms with Crippen molar-refractivity contribution in [2.24, 2.45) is 0 Å². The van der Waals surface area contributed by atoms with E-state index >= 15 is 0 Å². The van der Waals surface area contributed by atoms with E-state index in [9.17, 15) is 4.79 Å². The Morgan fingerprint density at radius 1 is 1.00 bits per heavy atom. The van der Waals surface area contributed by atoms with Crippen LogP contribution in [0, 0.1) is 0 Å². The predicted octanol–water partition coefficient (Wildman–Crippen LogP) is 3.59. The third-order valence-electron chi connectivity index (χ3n) is 3.11. The molecule has 0 saturated heterocycles. The van der Waals surface area contributed by atoms with Crippen molar-refractivity contribution in [2.75, 3.05) is 0 Å². The molecule has 17 heavy (non-hydrogen) atoms. The Morgan fingerprint density at radius 3 is 2.53 bits per heavy atom. The number of hydrogen-bond acceptors (Lipinski definition) is 2. The van der Waals surface area contributed by atoms with Gasteiger partial charge in [-0.2, -0.15) is 0 Å². The predicted molar refractivity (Wildman–Crippen MR) is 65.7 cm³/mol. The average molecular weight is 224 g/mol. The van der Waals surface area contributed by atoms with Crippen LogP contribution in [0.15, 0.2) is 48.5 Å². The molecule has 0 aliphatic carbocycles. The molecular weight excluding hydrogens is 212 g/mol. The van der Waals surface area contributed by atoms with Crippen LogP contribution in [-0.4, -0.2) is 5.97 Å². The minimum Gasteiger partial charge on any atom is -0.454 e. The number of esters is 1. The van der Waals surface area contributed by atoms with Gasteiger partial charge in [0.1, 0.15) is 6.10 Å². The number of cyclic esters (lactones) is 1. The first kappa shape index (κ1) is 10.1. The fourth-order valence-electron chi connectivity index (χ4n) is 2.28. The smallest absolute Gasteiger partial charge is 0.339 e. The van der Waals surface area contributed by atoms with Crippen LogP contribution in [0.25, 0.3) is 11.1 Å².